The van der Waals surface area contributed by atoms with Gasteiger partial charge in [0.2, 0.25) is 0 Å². The molecule has 0 N–H and O–H groups in total. The third kappa shape index (κ3) is 5.14. The highest BCUT2D eigenvalue weighted by atomic mass is 32.2. The van der Waals surface area contributed by atoms with Crippen LogP contribution in [-0.2, 0) is 14.9 Å². The van der Waals surface area contributed by atoms with E-state index in [-0.39, 0.29) is 32.9 Å². The lowest BCUT2D eigenvalue weighted by Gasteiger charge is -2.26. The molecule has 0 fully saturated rings. The van der Waals surface area contributed by atoms with Crippen LogP contribution in [0.2, 0.25) is 0 Å². The first-order valence-corrected chi connectivity index (χ1v) is 10.9. The van der Waals surface area contributed by atoms with Crippen LogP contribution in [0.15, 0.2) is 72.1 Å². The zero-order valence-corrected chi connectivity index (χ0v) is 18.5. The smallest absolute Gasteiger partial charge is 0.424 e. The number of ether oxygens (including phenoxy) is 1. The summed E-state index contributed by atoms with van der Waals surface area (Å²) in [6.45, 7) is 1.36. The number of oxime groups is 1. The Bertz CT molecular complexity index is 1300. The second kappa shape index (κ2) is 9.87. The lowest BCUT2D eigenvalue weighted by atomic mass is 10.1. The molecular formula is C21H17F3N4O5S. The first kappa shape index (κ1) is 24.6. The number of carbonyl (C=O) groups excluding carboxylic acids is 1. The van der Waals surface area contributed by atoms with E-state index < -0.39 is 27.1 Å². The van der Waals surface area contributed by atoms with Crippen LogP contribution in [-0.4, -0.2) is 42.6 Å². The number of hydrogen-bond donors (Lipinski definition) is 0. The molecule has 0 atom stereocenters. The maximum atomic E-state index is 13.6. The van der Waals surface area contributed by atoms with E-state index in [1.54, 1.807) is 6.07 Å². The van der Waals surface area contributed by atoms with Crippen molar-refractivity contribution < 1.29 is 36.0 Å². The molecule has 0 aliphatic heterocycles. The van der Waals surface area contributed by atoms with Crippen molar-refractivity contribution in [2.24, 2.45) is 5.16 Å². The summed E-state index contributed by atoms with van der Waals surface area (Å²) in [7, 11) is -4.96. The van der Waals surface area contributed by atoms with Gasteiger partial charge in [0.05, 0.1) is 11.4 Å². The van der Waals surface area contributed by atoms with Gasteiger partial charge in [-0.15, -0.1) is 0 Å². The summed E-state index contributed by atoms with van der Waals surface area (Å²) in [4.78, 5) is 25.5. The molecular weight excluding hydrogens is 477 g/mol. The van der Waals surface area contributed by atoms with Gasteiger partial charge in [-0.3, -0.25) is 4.79 Å². The molecule has 0 saturated carbocycles. The van der Waals surface area contributed by atoms with E-state index in [9.17, 15) is 26.4 Å². The van der Waals surface area contributed by atoms with Gasteiger partial charge in [-0.1, -0.05) is 23.4 Å². The molecule has 13 heteroatoms. The number of alkyl halides is 3. The molecule has 3 aromatic rings. The topological polar surface area (TPSA) is 111 Å². The molecule has 0 saturated heterocycles. The molecule has 9 nitrogen and oxygen atoms in total. The highest BCUT2D eigenvalue weighted by Gasteiger charge is 2.53. The molecule has 1 aromatic heterocycles. The molecule has 178 valence electrons. The average molecular weight is 494 g/mol. The van der Waals surface area contributed by atoms with Crippen LogP contribution in [0.4, 0.5) is 18.9 Å². The third-order valence-corrected chi connectivity index (χ3v) is 5.72. The summed E-state index contributed by atoms with van der Waals surface area (Å²) < 4.78 is 71.1. The number of halogens is 3. The quantitative estimate of drug-likeness (QED) is 0.359. The first-order chi connectivity index (χ1) is 16.1. The van der Waals surface area contributed by atoms with Gasteiger partial charge in [0, 0.05) is 23.5 Å². The number of carbonyl (C=O) groups is 1. The first-order valence-electron chi connectivity index (χ1n) is 9.44. The zero-order chi connectivity index (χ0) is 24.9. The largest absolute Gasteiger partial charge is 0.517 e. The van der Waals surface area contributed by atoms with Crippen LogP contribution in [0.25, 0.3) is 0 Å². The summed E-state index contributed by atoms with van der Waals surface area (Å²) in [5, 5.41) is 3.68. The van der Waals surface area contributed by atoms with Gasteiger partial charge in [-0.2, -0.15) is 25.9 Å². The fraction of sp³-hybridized carbons (Fsp3) is 0.143. The van der Waals surface area contributed by atoms with Gasteiger partial charge in [0.1, 0.15) is 12.9 Å². The minimum absolute atomic E-state index is 0.0276. The second-order valence-corrected chi connectivity index (χ2v) is 8.34. The lowest BCUT2D eigenvalue weighted by molar-refractivity contribution is -0.0437. The lowest BCUT2D eigenvalue weighted by Crippen LogP contribution is -2.45. The van der Waals surface area contributed by atoms with Gasteiger partial charge in [-0.05, 0) is 43.3 Å². The van der Waals surface area contributed by atoms with Crippen molar-refractivity contribution in [1.29, 1.82) is 0 Å². The molecule has 0 unspecified atom stereocenters. The Hall–Kier alpha value is -4.00. The molecule has 3 rings (SSSR count). The van der Waals surface area contributed by atoms with Gasteiger partial charge in [0.25, 0.3) is 5.91 Å². The normalized spacial score (nSPS) is 12.2. The van der Waals surface area contributed by atoms with Crippen LogP contribution in [0.3, 0.4) is 0 Å². The van der Waals surface area contributed by atoms with Gasteiger partial charge in [-0.25, -0.2) is 9.97 Å². The van der Waals surface area contributed by atoms with Crippen LogP contribution in [0.1, 0.15) is 22.8 Å². The standard InChI is InChI=1S/C21H17F3N4O5S/c1-14(27-32-2)17-13-16(33-20-25-11-6-12-26-20)9-10-18(17)28(34(30,31)21(22,23)24)19(29)15-7-4-3-5-8-15/h3-13H,1-2H3. The molecule has 0 radical (unpaired) electrons. The fourth-order valence-corrected chi connectivity index (χ4v) is 3.77. The van der Waals surface area contributed by atoms with Gasteiger partial charge >= 0.3 is 21.5 Å². The highest BCUT2D eigenvalue weighted by molar-refractivity contribution is 7.94. The van der Waals surface area contributed by atoms with E-state index in [0.717, 1.165) is 6.07 Å². The van der Waals surface area contributed by atoms with E-state index in [1.807, 2.05) is 0 Å². The number of anilines is 1. The van der Waals surface area contributed by atoms with Crippen molar-refractivity contribution in [2.75, 3.05) is 11.4 Å². The molecule has 34 heavy (non-hydrogen) atoms. The number of nitrogens with zero attached hydrogens (tertiary/aromatic N) is 4. The Kier molecular flexibility index (Phi) is 7.15. The summed E-state index contributed by atoms with van der Waals surface area (Å²) in [6.07, 6.45) is 2.82. The molecule has 0 bridgehead atoms. The Morgan fingerprint density at radius 2 is 1.68 bits per heavy atom. The zero-order valence-electron chi connectivity index (χ0n) is 17.7. The molecule has 0 spiro atoms. The van der Waals surface area contributed by atoms with Crippen molar-refractivity contribution >= 4 is 27.3 Å². The van der Waals surface area contributed by atoms with E-state index in [4.69, 9.17) is 9.57 Å². The summed E-state index contributed by atoms with van der Waals surface area (Å²) in [5.41, 5.74) is -6.85. The molecule has 2 aromatic carbocycles. The SMILES string of the molecule is CON=C(C)c1cc(Oc2ncccn2)ccc1N(C(=O)c1ccccc1)S(=O)(=O)C(F)(F)F. The van der Waals surface area contributed by atoms with Crippen LogP contribution < -0.4 is 9.04 Å². The Labute approximate surface area is 192 Å². The van der Waals surface area contributed by atoms with E-state index in [2.05, 4.69) is 15.1 Å². The number of hydrogen-bond acceptors (Lipinski definition) is 8. The maximum absolute atomic E-state index is 13.6. The molecule has 1 amide bonds. The van der Waals surface area contributed by atoms with E-state index in [1.165, 1.54) is 68.9 Å². The third-order valence-electron chi connectivity index (χ3n) is 4.29. The fourth-order valence-electron chi connectivity index (χ4n) is 2.82. The number of amides is 1. The number of sulfonamides is 1. The number of benzene rings is 2. The monoisotopic (exact) mass is 494 g/mol. The average Bonchev–Trinajstić information content (AvgIpc) is 2.80. The van der Waals surface area contributed by atoms with Crippen molar-refractivity contribution in [3.8, 4) is 11.8 Å². The van der Waals surface area contributed by atoms with E-state index >= 15 is 0 Å². The van der Waals surface area contributed by atoms with Crippen molar-refractivity contribution in [2.45, 2.75) is 12.4 Å². The van der Waals surface area contributed by atoms with Crippen LogP contribution in [0, 0.1) is 0 Å². The maximum Gasteiger partial charge on any atom is 0.517 e. The highest BCUT2D eigenvalue weighted by Crippen LogP contribution is 2.36. The molecule has 1 heterocycles. The Morgan fingerprint density at radius 3 is 2.26 bits per heavy atom. The Morgan fingerprint density at radius 1 is 1.03 bits per heavy atom. The molecule has 0 aliphatic rings. The predicted molar refractivity (Wildman–Crippen MR) is 116 cm³/mol. The summed E-state index contributed by atoms with van der Waals surface area (Å²) >= 11 is 0. The minimum Gasteiger partial charge on any atom is -0.424 e. The predicted octanol–water partition coefficient (Wildman–Crippen LogP) is 4.14. The molecule has 0 aliphatic carbocycles. The van der Waals surface area contributed by atoms with Crippen LogP contribution >= 0.6 is 0 Å². The number of aromatic nitrogens is 2. The van der Waals surface area contributed by atoms with Gasteiger partial charge in [0.15, 0.2) is 0 Å². The summed E-state index contributed by atoms with van der Waals surface area (Å²) in [5.74, 6) is -1.36. The van der Waals surface area contributed by atoms with Crippen molar-refractivity contribution in [3.05, 3.63) is 78.1 Å². The van der Waals surface area contributed by atoms with Crippen LogP contribution in [0.5, 0.6) is 11.8 Å². The van der Waals surface area contributed by atoms with Crippen molar-refractivity contribution in [3.63, 3.8) is 0 Å². The van der Waals surface area contributed by atoms with Crippen molar-refractivity contribution in [1.82, 2.24) is 9.97 Å². The summed E-state index contributed by atoms with van der Waals surface area (Å²) in [6, 6.07) is 11.5. The second-order valence-electron chi connectivity index (χ2n) is 6.56. The van der Waals surface area contributed by atoms with E-state index in [0.29, 0.717) is 0 Å². The number of rotatable bonds is 7. The van der Waals surface area contributed by atoms with Gasteiger partial charge < -0.3 is 9.57 Å². The Balaban J connectivity index is 2.23. The minimum atomic E-state index is -6.16.